The Morgan fingerprint density at radius 2 is 2.10 bits per heavy atom. The predicted molar refractivity (Wildman–Crippen MR) is 147 cm³/mol. The highest BCUT2D eigenvalue weighted by Crippen LogP contribution is 2.38. The highest BCUT2D eigenvalue weighted by atomic mass is 32.2. The molecule has 0 bridgehead atoms. The van der Waals surface area contributed by atoms with Crippen LogP contribution in [0.5, 0.6) is 0 Å². The second-order valence-corrected chi connectivity index (χ2v) is 12.0. The normalized spacial score (nSPS) is 16.2. The van der Waals surface area contributed by atoms with Gasteiger partial charge in [-0.15, -0.1) is 23.1 Å². The van der Waals surface area contributed by atoms with Crippen LogP contribution in [0.4, 0.5) is 5.13 Å². The van der Waals surface area contributed by atoms with E-state index >= 15 is 0 Å². The first-order valence-electron chi connectivity index (χ1n) is 11.4. The zero-order valence-corrected chi connectivity index (χ0v) is 24.1. The molecule has 0 aromatic carbocycles. The SMILES string of the molecule is CCO/N=C(\C(=O)N[C@H](C(=O)[O-])[C@@H]1NC(C(=O)[O-])=C(Sc2nc(-c3cc[n+](C)cc3)cs2)CS1)c1nsc(N)n1.[H+]. The van der Waals surface area contributed by atoms with Gasteiger partial charge in [-0.3, -0.25) is 4.79 Å². The minimum absolute atomic E-state index is 0. The number of nitrogen functional groups attached to an aromatic ring is 1. The molecule has 0 aliphatic carbocycles. The van der Waals surface area contributed by atoms with Crippen LogP contribution in [0.2, 0.25) is 0 Å². The molecule has 210 valence electrons. The summed E-state index contributed by atoms with van der Waals surface area (Å²) in [5.74, 6) is -4.23. The van der Waals surface area contributed by atoms with Crippen LogP contribution in [0.1, 0.15) is 14.2 Å². The summed E-state index contributed by atoms with van der Waals surface area (Å²) in [5, 5.41) is 33.5. The summed E-state index contributed by atoms with van der Waals surface area (Å²) >= 11 is 4.35. The van der Waals surface area contributed by atoms with E-state index in [9.17, 15) is 24.6 Å². The largest absolute Gasteiger partial charge is 1.00 e. The number of rotatable bonds is 11. The number of thioether (sulfide) groups is 2. The lowest BCUT2D eigenvalue weighted by Crippen LogP contribution is -2.60. The van der Waals surface area contributed by atoms with E-state index in [0.717, 1.165) is 46.3 Å². The Kier molecular flexibility index (Phi) is 9.56. The van der Waals surface area contributed by atoms with Gasteiger partial charge in [-0.05, 0) is 6.92 Å². The van der Waals surface area contributed by atoms with Gasteiger partial charge in [0.25, 0.3) is 5.91 Å². The maximum Gasteiger partial charge on any atom is 1.00 e. The number of carbonyl (C=O) groups excluding carboxylic acids is 3. The maximum absolute atomic E-state index is 13.0. The minimum Gasteiger partial charge on any atom is -0.548 e. The number of carboxylic acids is 2. The standard InChI is InChI=1S/C22H22N8O6S4/c1-3-36-28-14(16-27-21(23)40-29-16)17(31)25-15(20(34)35)18-26-13(19(32)33)12(9-37-18)39-22-24-11(8-38-22)10-4-6-30(2)7-5-10/h4-8,15,18,26H,3,9H2,1-2H3,(H4-,23,25,27,29,31,32,33,34,35)/b28-14-/t15-,18+/m0/s1. The molecule has 4 N–H and O–H groups in total. The van der Waals surface area contributed by atoms with Gasteiger partial charge >= 0.3 is 1.43 Å². The van der Waals surface area contributed by atoms with Crippen LogP contribution < -0.4 is 31.1 Å². The van der Waals surface area contributed by atoms with Crippen molar-refractivity contribution in [2.45, 2.75) is 22.7 Å². The van der Waals surface area contributed by atoms with Crippen molar-refractivity contribution >= 4 is 75.1 Å². The molecule has 40 heavy (non-hydrogen) atoms. The lowest BCUT2D eigenvalue weighted by atomic mass is 10.2. The molecule has 2 atom stereocenters. The number of oxime groups is 1. The number of aryl methyl sites for hydroxylation is 1. The van der Waals surface area contributed by atoms with Crippen LogP contribution in [0.15, 0.2) is 50.0 Å². The number of aliphatic carboxylic acids is 2. The number of amides is 1. The van der Waals surface area contributed by atoms with Gasteiger partial charge in [-0.1, -0.05) is 16.9 Å². The minimum atomic E-state index is -1.67. The van der Waals surface area contributed by atoms with Crippen LogP contribution in [0, 0.1) is 0 Å². The quantitative estimate of drug-likeness (QED) is 0.127. The molecule has 18 heteroatoms. The number of hydrogen-bond acceptors (Lipinski definition) is 16. The molecular weight excluding hydrogens is 601 g/mol. The van der Waals surface area contributed by atoms with Gasteiger partial charge in [0, 0.05) is 45.3 Å². The molecule has 14 nitrogen and oxygen atoms in total. The number of thiazole rings is 1. The molecule has 3 aromatic heterocycles. The van der Waals surface area contributed by atoms with Crippen LogP contribution >= 0.6 is 46.4 Å². The smallest absolute Gasteiger partial charge is 0.548 e. The van der Waals surface area contributed by atoms with Crippen molar-refractivity contribution in [3.8, 4) is 11.3 Å². The Labute approximate surface area is 245 Å². The average Bonchev–Trinajstić information content (AvgIpc) is 3.57. The number of aromatic nitrogens is 4. The monoisotopic (exact) mass is 622 g/mol. The van der Waals surface area contributed by atoms with Gasteiger partial charge < -0.3 is 41.0 Å². The predicted octanol–water partition coefficient (Wildman–Crippen LogP) is -1.43. The Morgan fingerprint density at radius 3 is 2.73 bits per heavy atom. The molecule has 1 amide bonds. The fourth-order valence-corrected chi connectivity index (χ4v) is 6.97. The molecular formula is C22H22N8O6S4. The summed E-state index contributed by atoms with van der Waals surface area (Å²) in [7, 11) is 1.90. The average molecular weight is 623 g/mol. The second-order valence-electron chi connectivity index (χ2n) is 7.90. The van der Waals surface area contributed by atoms with Crippen molar-refractivity contribution in [3.63, 3.8) is 0 Å². The summed E-state index contributed by atoms with van der Waals surface area (Å²) < 4.78 is 6.40. The number of carbonyl (C=O) groups is 3. The zero-order chi connectivity index (χ0) is 28.8. The lowest BCUT2D eigenvalue weighted by Gasteiger charge is -2.35. The Bertz CT molecular complexity index is 1480. The number of carboxylic acid groups (broad SMARTS) is 2. The van der Waals surface area contributed by atoms with E-state index in [1.165, 1.54) is 11.3 Å². The molecule has 1 aliphatic heterocycles. The highest BCUT2D eigenvalue weighted by molar-refractivity contribution is 8.07. The van der Waals surface area contributed by atoms with E-state index in [2.05, 4.69) is 30.1 Å². The maximum atomic E-state index is 13.0. The Hall–Kier alpha value is -3.74. The third-order valence-electron chi connectivity index (χ3n) is 5.13. The van der Waals surface area contributed by atoms with Gasteiger partial charge in [-0.25, -0.2) is 9.55 Å². The van der Waals surface area contributed by atoms with E-state index in [1.54, 1.807) is 6.92 Å². The summed E-state index contributed by atoms with van der Waals surface area (Å²) in [4.78, 5) is 50.8. The van der Waals surface area contributed by atoms with E-state index < -0.39 is 35.0 Å². The Morgan fingerprint density at radius 1 is 1.35 bits per heavy atom. The number of anilines is 1. The van der Waals surface area contributed by atoms with Gasteiger partial charge in [0.05, 0.1) is 34.7 Å². The highest BCUT2D eigenvalue weighted by Gasteiger charge is 2.33. The van der Waals surface area contributed by atoms with Gasteiger partial charge in [0.1, 0.15) is 13.7 Å². The molecule has 4 heterocycles. The third-order valence-corrected chi connectivity index (χ3v) is 9.09. The topological polar surface area (TPSA) is 212 Å². The van der Waals surface area contributed by atoms with Crippen LogP contribution in [-0.2, 0) is 26.3 Å². The Balaban J connectivity index is 0.00000462. The molecule has 0 saturated heterocycles. The first-order valence-corrected chi connectivity index (χ1v) is 14.9. The summed E-state index contributed by atoms with van der Waals surface area (Å²) in [6.45, 7) is 1.75. The lowest BCUT2D eigenvalue weighted by molar-refractivity contribution is -0.671. The van der Waals surface area contributed by atoms with Crippen molar-refractivity contribution in [1.82, 2.24) is 25.0 Å². The number of pyridine rings is 1. The van der Waals surface area contributed by atoms with Crippen LogP contribution in [0.25, 0.3) is 11.3 Å². The van der Waals surface area contributed by atoms with Crippen molar-refractivity contribution in [1.29, 1.82) is 0 Å². The molecule has 1 aliphatic rings. The van der Waals surface area contributed by atoms with Crippen molar-refractivity contribution in [3.05, 3.63) is 46.3 Å². The van der Waals surface area contributed by atoms with Crippen molar-refractivity contribution in [2.24, 2.45) is 12.2 Å². The molecule has 0 unspecified atom stereocenters. The fourth-order valence-electron chi connectivity index (χ4n) is 3.26. The molecule has 0 radical (unpaired) electrons. The number of nitrogens with zero attached hydrogens (tertiary/aromatic N) is 5. The molecule has 0 spiro atoms. The third kappa shape index (κ3) is 7.06. The van der Waals surface area contributed by atoms with Gasteiger partial charge in [-0.2, -0.15) is 9.36 Å². The van der Waals surface area contributed by atoms with E-state index in [1.807, 2.05) is 41.5 Å². The molecule has 3 aromatic rings. The zero-order valence-electron chi connectivity index (χ0n) is 21.9. The van der Waals surface area contributed by atoms with Gasteiger partial charge in [0.15, 0.2) is 21.9 Å². The van der Waals surface area contributed by atoms with Crippen molar-refractivity contribution in [2.75, 3.05) is 18.1 Å². The molecule has 4 rings (SSSR count). The van der Waals surface area contributed by atoms with Crippen LogP contribution in [0.3, 0.4) is 0 Å². The molecule has 0 fully saturated rings. The first-order chi connectivity index (χ1) is 19.2. The van der Waals surface area contributed by atoms with Crippen LogP contribution in [-0.4, -0.2) is 61.7 Å². The van der Waals surface area contributed by atoms with E-state index in [0.29, 0.717) is 9.24 Å². The number of nitrogens with one attached hydrogen (secondary N) is 2. The van der Waals surface area contributed by atoms with E-state index in [4.69, 9.17) is 10.6 Å². The first kappa shape index (κ1) is 29.2. The number of nitrogens with two attached hydrogens (primary N) is 1. The summed E-state index contributed by atoms with van der Waals surface area (Å²) in [5.41, 5.74) is 6.51. The summed E-state index contributed by atoms with van der Waals surface area (Å²) in [6, 6.07) is 2.15. The second kappa shape index (κ2) is 13.1. The van der Waals surface area contributed by atoms with Gasteiger partial charge in [0.2, 0.25) is 11.5 Å². The van der Waals surface area contributed by atoms with E-state index in [-0.39, 0.29) is 30.4 Å². The molecule has 0 saturated carbocycles. The summed E-state index contributed by atoms with van der Waals surface area (Å²) in [6.07, 6.45) is 3.78. The fraction of sp³-hybridized carbons (Fsp3) is 0.273. The van der Waals surface area contributed by atoms with Crippen molar-refractivity contribution < 1.29 is 35.4 Å². The number of hydrogen-bond donors (Lipinski definition) is 3.